The molecule has 2 N–H and O–H groups in total. The number of ether oxygens (including phenoxy) is 1. The van der Waals surface area contributed by atoms with Gasteiger partial charge in [-0.3, -0.25) is 0 Å². The lowest BCUT2D eigenvalue weighted by Crippen LogP contribution is -2.02. The number of halogens is 1. The average molecular weight is 249 g/mol. The Labute approximate surface area is 103 Å². The summed E-state index contributed by atoms with van der Waals surface area (Å²) in [5, 5.41) is 0. The van der Waals surface area contributed by atoms with Gasteiger partial charge in [0.15, 0.2) is 0 Å². The van der Waals surface area contributed by atoms with E-state index in [1.54, 1.807) is 6.92 Å². The van der Waals surface area contributed by atoms with E-state index >= 15 is 0 Å². The third kappa shape index (κ3) is 2.34. The van der Waals surface area contributed by atoms with Crippen molar-refractivity contribution in [1.82, 2.24) is 0 Å². The Hall–Kier alpha value is -2.30. The van der Waals surface area contributed by atoms with E-state index < -0.39 is 11.8 Å². The fourth-order valence-electron chi connectivity index (χ4n) is 1.53. The molecule has 94 valence electrons. The first-order valence-electron chi connectivity index (χ1n) is 5.44. The number of nitrogen functional groups attached to an aromatic ring is 1. The SMILES string of the molecule is CCOC(=O)c1ccc(-c2cc(N)ccc2F)o1. The Bertz CT molecular complexity index is 577. The van der Waals surface area contributed by atoms with Gasteiger partial charge >= 0.3 is 5.97 Å². The molecular formula is C13H12FNO3. The predicted molar refractivity (Wildman–Crippen MR) is 64.5 cm³/mol. The number of esters is 1. The van der Waals surface area contributed by atoms with E-state index in [4.69, 9.17) is 14.9 Å². The summed E-state index contributed by atoms with van der Waals surface area (Å²) in [6.07, 6.45) is 0. The fourth-order valence-corrected chi connectivity index (χ4v) is 1.53. The largest absolute Gasteiger partial charge is 0.460 e. The smallest absolute Gasteiger partial charge is 0.374 e. The number of anilines is 1. The van der Waals surface area contributed by atoms with Crippen molar-refractivity contribution in [3.63, 3.8) is 0 Å². The number of nitrogens with two attached hydrogens (primary N) is 1. The number of hydrogen-bond acceptors (Lipinski definition) is 4. The third-order valence-electron chi connectivity index (χ3n) is 2.34. The molecule has 0 aliphatic rings. The number of carbonyl (C=O) groups excluding carboxylic acids is 1. The Morgan fingerprint density at radius 1 is 1.39 bits per heavy atom. The molecular weight excluding hydrogens is 237 g/mol. The van der Waals surface area contributed by atoms with E-state index in [1.807, 2.05) is 0 Å². The number of hydrogen-bond donors (Lipinski definition) is 1. The summed E-state index contributed by atoms with van der Waals surface area (Å²) in [7, 11) is 0. The molecule has 0 radical (unpaired) electrons. The lowest BCUT2D eigenvalue weighted by molar-refractivity contribution is 0.0491. The second-order valence-electron chi connectivity index (χ2n) is 3.62. The van der Waals surface area contributed by atoms with Crippen LogP contribution in [0.15, 0.2) is 34.7 Å². The van der Waals surface area contributed by atoms with Crippen molar-refractivity contribution >= 4 is 11.7 Å². The topological polar surface area (TPSA) is 65.5 Å². The fraction of sp³-hybridized carbons (Fsp3) is 0.154. The van der Waals surface area contributed by atoms with Crippen molar-refractivity contribution in [3.8, 4) is 11.3 Å². The lowest BCUT2D eigenvalue weighted by atomic mass is 10.1. The van der Waals surface area contributed by atoms with Crippen molar-refractivity contribution < 1.29 is 18.3 Å². The Morgan fingerprint density at radius 3 is 2.89 bits per heavy atom. The van der Waals surface area contributed by atoms with Crippen LogP contribution in [0.25, 0.3) is 11.3 Å². The number of carbonyl (C=O) groups is 1. The summed E-state index contributed by atoms with van der Waals surface area (Å²) < 4.78 is 23.6. The van der Waals surface area contributed by atoms with Crippen LogP contribution in [-0.2, 0) is 4.74 Å². The highest BCUT2D eigenvalue weighted by Gasteiger charge is 2.15. The second kappa shape index (κ2) is 4.91. The molecule has 4 nitrogen and oxygen atoms in total. The zero-order valence-corrected chi connectivity index (χ0v) is 9.77. The van der Waals surface area contributed by atoms with E-state index in [9.17, 15) is 9.18 Å². The van der Waals surface area contributed by atoms with Crippen LogP contribution in [0.4, 0.5) is 10.1 Å². The molecule has 1 aromatic heterocycles. The number of furan rings is 1. The maximum absolute atomic E-state index is 13.6. The maximum atomic E-state index is 13.6. The van der Waals surface area contributed by atoms with Gasteiger partial charge in [-0.05, 0) is 37.3 Å². The first-order valence-corrected chi connectivity index (χ1v) is 5.44. The summed E-state index contributed by atoms with van der Waals surface area (Å²) in [5.41, 5.74) is 6.21. The van der Waals surface area contributed by atoms with Gasteiger partial charge in [0, 0.05) is 5.69 Å². The van der Waals surface area contributed by atoms with Gasteiger partial charge in [-0.25, -0.2) is 9.18 Å². The summed E-state index contributed by atoms with van der Waals surface area (Å²) in [6, 6.07) is 7.09. The molecule has 0 fully saturated rings. The summed E-state index contributed by atoms with van der Waals surface area (Å²) >= 11 is 0. The Kier molecular flexibility index (Phi) is 3.32. The number of rotatable bonds is 3. The normalized spacial score (nSPS) is 10.3. The van der Waals surface area contributed by atoms with Crippen LogP contribution >= 0.6 is 0 Å². The molecule has 0 saturated carbocycles. The first-order chi connectivity index (χ1) is 8.61. The van der Waals surface area contributed by atoms with Crippen LogP contribution in [-0.4, -0.2) is 12.6 Å². The molecule has 0 amide bonds. The van der Waals surface area contributed by atoms with E-state index in [0.29, 0.717) is 5.69 Å². The molecule has 2 aromatic rings. The van der Waals surface area contributed by atoms with E-state index in [1.165, 1.54) is 30.3 Å². The molecule has 1 aromatic carbocycles. The lowest BCUT2D eigenvalue weighted by Gasteiger charge is -2.01. The zero-order valence-electron chi connectivity index (χ0n) is 9.77. The summed E-state index contributed by atoms with van der Waals surface area (Å²) in [4.78, 5) is 11.4. The number of benzene rings is 1. The highest BCUT2D eigenvalue weighted by Crippen LogP contribution is 2.27. The molecule has 2 rings (SSSR count). The van der Waals surface area contributed by atoms with E-state index in [0.717, 1.165) is 0 Å². The monoisotopic (exact) mass is 249 g/mol. The molecule has 0 bridgehead atoms. The van der Waals surface area contributed by atoms with Crippen LogP contribution in [0.1, 0.15) is 17.5 Å². The first kappa shape index (κ1) is 12.2. The van der Waals surface area contributed by atoms with E-state index in [2.05, 4.69) is 0 Å². The van der Waals surface area contributed by atoms with Crippen LogP contribution in [0.3, 0.4) is 0 Å². The summed E-state index contributed by atoms with van der Waals surface area (Å²) in [5.74, 6) is -0.765. The quantitative estimate of drug-likeness (QED) is 0.671. The van der Waals surface area contributed by atoms with Gasteiger partial charge in [0.2, 0.25) is 5.76 Å². The molecule has 0 aliphatic heterocycles. The minimum absolute atomic E-state index is 0.0358. The second-order valence-corrected chi connectivity index (χ2v) is 3.62. The standard InChI is InChI=1S/C13H12FNO3/c1-2-17-13(16)12-6-5-11(18-12)9-7-8(15)3-4-10(9)14/h3-7H,2,15H2,1H3. The van der Waals surface area contributed by atoms with Gasteiger partial charge in [0.1, 0.15) is 11.6 Å². The molecule has 1 heterocycles. The van der Waals surface area contributed by atoms with Crippen molar-refractivity contribution in [2.24, 2.45) is 0 Å². The minimum Gasteiger partial charge on any atom is -0.460 e. The van der Waals surface area contributed by atoms with Crippen LogP contribution < -0.4 is 5.73 Å². The molecule has 0 saturated heterocycles. The van der Waals surface area contributed by atoms with Crippen molar-refractivity contribution in [2.75, 3.05) is 12.3 Å². The maximum Gasteiger partial charge on any atom is 0.374 e. The molecule has 0 atom stereocenters. The van der Waals surface area contributed by atoms with Crippen molar-refractivity contribution in [3.05, 3.63) is 41.9 Å². The third-order valence-corrected chi connectivity index (χ3v) is 2.34. The molecule has 0 spiro atoms. The molecule has 0 unspecified atom stereocenters. The predicted octanol–water partition coefficient (Wildman–Crippen LogP) is 2.84. The van der Waals surface area contributed by atoms with Gasteiger partial charge in [-0.1, -0.05) is 0 Å². The van der Waals surface area contributed by atoms with Gasteiger partial charge < -0.3 is 14.9 Å². The molecule has 5 heteroatoms. The molecule has 0 aliphatic carbocycles. The zero-order chi connectivity index (χ0) is 13.1. The highest BCUT2D eigenvalue weighted by atomic mass is 19.1. The van der Waals surface area contributed by atoms with Crippen LogP contribution in [0.2, 0.25) is 0 Å². The Balaban J connectivity index is 2.35. The highest BCUT2D eigenvalue weighted by molar-refractivity contribution is 5.87. The van der Waals surface area contributed by atoms with Gasteiger partial charge in [-0.2, -0.15) is 0 Å². The van der Waals surface area contributed by atoms with Gasteiger partial charge in [0.05, 0.1) is 12.2 Å². The van der Waals surface area contributed by atoms with Crippen LogP contribution in [0.5, 0.6) is 0 Å². The van der Waals surface area contributed by atoms with Gasteiger partial charge in [-0.15, -0.1) is 0 Å². The average Bonchev–Trinajstić information content (AvgIpc) is 2.82. The van der Waals surface area contributed by atoms with Crippen molar-refractivity contribution in [1.29, 1.82) is 0 Å². The Morgan fingerprint density at radius 2 is 2.17 bits per heavy atom. The summed E-state index contributed by atoms with van der Waals surface area (Å²) in [6.45, 7) is 1.95. The van der Waals surface area contributed by atoms with E-state index in [-0.39, 0.29) is 23.7 Å². The van der Waals surface area contributed by atoms with Crippen molar-refractivity contribution in [2.45, 2.75) is 6.92 Å². The van der Waals surface area contributed by atoms with Gasteiger partial charge in [0.25, 0.3) is 0 Å². The minimum atomic E-state index is -0.576. The van der Waals surface area contributed by atoms with Crippen LogP contribution in [0, 0.1) is 5.82 Å². The molecule has 18 heavy (non-hydrogen) atoms.